The van der Waals surface area contributed by atoms with Crippen LogP contribution < -0.4 is 5.32 Å². The van der Waals surface area contributed by atoms with Crippen molar-refractivity contribution in [3.05, 3.63) is 0 Å². The third kappa shape index (κ3) is 4.93. The molecule has 0 saturated carbocycles. The van der Waals surface area contributed by atoms with E-state index < -0.39 is 0 Å². The molecule has 2 unspecified atom stereocenters. The van der Waals surface area contributed by atoms with E-state index in [1.54, 1.807) is 7.11 Å². The van der Waals surface area contributed by atoms with Crippen molar-refractivity contribution in [2.24, 2.45) is 0 Å². The molecular formula is C11H24N2O2. The highest BCUT2D eigenvalue weighted by atomic mass is 16.5. The van der Waals surface area contributed by atoms with E-state index in [4.69, 9.17) is 4.74 Å². The number of hydrogen-bond acceptors (Lipinski definition) is 4. The van der Waals surface area contributed by atoms with Crippen molar-refractivity contribution in [1.29, 1.82) is 0 Å². The number of aliphatic hydroxyl groups is 1. The Balaban J connectivity index is 2.21. The van der Waals surface area contributed by atoms with E-state index in [0.29, 0.717) is 19.2 Å². The smallest absolute Gasteiger partial charge is 0.0900 e. The van der Waals surface area contributed by atoms with Gasteiger partial charge in [-0.2, -0.15) is 0 Å². The van der Waals surface area contributed by atoms with Gasteiger partial charge in [-0.15, -0.1) is 0 Å². The minimum atomic E-state index is -0.364. The first kappa shape index (κ1) is 12.9. The van der Waals surface area contributed by atoms with Crippen molar-refractivity contribution in [2.45, 2.75) is 31.9 Å². The molecule has 0 amide bonds. The van der Waals surface area contributed by atoms with Crippen molar-refractivity contribution in [1.82, 2.24) is 10.2 Å². The Morgan fingerprint density at radius 2 is 2.40 bits per heavy atom. The van der Waals surface area contributed by atoms with E-state index in [1.165, 1.54) is 12.8 Å². The van der Waals surface area contributed by atoms with E-state index in [-0.39, 0.29) is 6.10 Å². The van der Waals surface area contributed by atoms with E-state index in [9.17, 15) is 5.11 Å². The summed E-state index contributed by atoms with van der Waals surface area (Å²) in [7, 11) is 1.62. The number of hydrogen-bond donors (Lipinski definition) is 2. The highest BCUT2D eigenvalue weighted by Gasteiger charge is 2.18. The zero-order valence-electron chi connectivity index (χ0n) is 9.91. The minimum Gasteiger partial charge on any atom is -0.389 e. The zero-order valence-corrected chi connectivity index (χ0v) is 9.91. The largest absolute Gasteiger partial charge is 0.389 e. The van der Waals surface area contributed by atoms with Crippen LogP contribution in [0.4, 0.5) is 0 Å². The summed E-state index contributed by atoms with van der Waals surface area (Å²) < 4.78 is 4.93. The maximum Gasteiger partial charge on any atom is 0.0900 e. The van der Waals surface area contributed by atoms with E-state index in [0.717, 1.165) is 19.6 Å². The van der Waals surface area contributed by atoms with Crippen LogP contribution in [0.1, 0.15) is 19.8 Å². The van der Waals surface area contributed by atoms with Crippen LogP contribution in [-0.2, 0) is 4.74 Å². The lowest BCUT2D eigenvalue weighted by Gasteiger charge is -2.26. The van der Waals surface area contributed by atoms with Gasteiger partial charge in [-0.25, -0.2) is 0 Å². The molecule has 1 aliphatic heterocycles. The summed E-state index contributed by atoms with van der Waals surface area (Å²) >= 11 is 0. The fraction of sp³-hybridized carbons (Fsp3) is 1.00. The monoisotopic (exact) mass is 216 g/mol. The van der Waals surface area contributed by atoms with Crippen LogP contribution in [0.15, 0.2) is 0 Å². The van der Waals surface area contributed by atoms with Gasteiger partial charge in [0.2, 0.25) is 0 Å². The lowest BCUT2D eigenvalue weighted by atomic mass is 10.2. The van der Waals surface area contributed by atoms with E-state index >= 15 is 0 Å². The average Bonchev–Trinajstić information content (AvgIpc) is 2.70. The lowest BCUT2D eigenvalue weighted by molar-refractivity contribution is 0.0372. The predicted octanol–water partition coefficient (Wildman–Crippen LogP) is 0.0676. The molecule has 4 nitrogen and oxygen atoms in total. The molecule has 0 aromatic heterocycles. The molecule has 1 fully saturated rings. The summed E-state index contributed by atoms with van der Waals surface area (Å²) in [6.45, 7) is 6.44. The third-order valence-electron chi connectivity index (χ3n) is 2.92. The molecular weight excluding hydrogens is 192 g/mol. The van der Waals surface area contributed by atoms with Crippen LogP contribution in [0.5, 0.6) is 0 Å². The summed E-state index contributed by atoms with van der Waals surface area (Å²) in [5, 5.41) is 13.1. The normalized spacial score (nSPS) is 23.6. The first-order valence-electron chi connectivity index (χ1n) is 5.89. The van der Waals surface area contributed by atoms with Crippen LogP contribution >= 0.6 is 0 Å². The lowest BCUT2D eigenvalue weighted by Crippen LogP contribution is -2.42. The molecule has 15 heavy (non-hydrogen) atoms. The van der Waals surface area contributed by atoms with Crippen LogP contribution in [0.2, 0.25) is 0 Å². The maximum absolute atomic E-state index is 9.64. The standard InChI is InChI=1S/C11H24N2O2/c1-3-13(8-11(14)9-15-2)7-10-5-4-6-12-10/h10-12,14H,3-9H2,1-2H3. The molecule has 0 aromatic carbocycles. The molecule has 0 aromatic rings. The number of methoxy groups -OCH3 is 1. The van der Waals surface area contributed by atoms with E-state index in [2.05, 4.69) is 17.1 Å². The van der Waals surface area contributed by atoms with Crippen LogP contribution in [0.25, 0.3) is 0 Å². The van der Waals surface area contributed by atoms with Crippen molar-refractivity contribution >= 4 is 0 Å². The molecule has 2 N–H and O–H groups in total. The molecule has 1 saturated heterocycles. The Labute approximate surface area is 92.6 Å². The molecule has 90 valence electrons. The topological polar surface area (TPSA) is 44.7 Å². The number of ether oxygens (including phenoxy) is 1. The second kappa shape index (κ2) is 7.17. The summed E-state index contributed by atoms with van der Waals surface area (Å²) in [4.78, 5) is 2.28. The summed E-state index contributed by atoms with van der Waals surface area (Å²) in [6, 6.07) is 0.611. The minimum absolute atomic E-state index is 0.364. The molecule has 1 rings (SSSR count). The third-order valence-corrected chi connectivity index (χ3v) is 2.92. The van der Waals surface area contributed by atoms with Crippen molar-refractivity contribution in [3.63, 3.8) is 0 Å². The average molecular weight is 216 g/mol. The Hall–Kier alpha value is -0.160. The van der Waals surface area contributed by atoms with E-state index in [1.807, 2.05) is 0 Å². The molecule has 4 heteroatoms. The van der Waals surface area contributed by atoms with Gasteiger partial charge in [0.15, 0.2) is 0 Å². The van der Waals surface area contributed by atoms with Crippen molar-refractivity contribution in [3.8, 4) is 0 Å². The molecule has 0 aliphatic carbocycles. The summed E-state index contributed by atoms with van der Waals surface area (Å²) in [5.41, 5.74) is 0. The second-order valence-electron chi connectivity index (χ2n) is 4.25. The summed E-state index contributed by atoms with van der Waals surface area (Å²) in [6.07, 6.45) is 2.18. The molecule has 0 bridgehead atoms. The van der Waals surface area contributed by atoms with Crippen molar-refractivity contribution < 1.29 is 9.84 Å². The Kier molecular flexibility index (Phi) is 6.17. The van der Waals surface area contributed by atoms with Gasteiger partial charge in [0.25, 0.3) is 0 Å². The quantitative estimate of drug-likeness (QED) is 0.632. The highest BCUT2D eigenvalue weighted by molar-refractivity contribution is 4.78. The Morgan fingerprint density at radius 1 is 1.60 bits per heavy atom. The van der Waals surface area contributed by atoms with Crippen LogP contribution in [-0.4, -0.2) is 62.0 Å². The van der Waals surface area contributed by atoms with Crippen molar-refractivity contribution in [2.75, 3.05) is 39.9 Å². The number of rotatable bonds is 7. The van der Waals surface area contributed by atoms with Gasteiger partial charge in [0, 0.05) is 26.2 Å². The fourth-order valence-corrected chi connectivity index (χ4v) is 2.10. The summed E-state index contributed by atoms with van der Waals surface area (Å²) in [5.74, 6) is 0. The second-order valence-corrected chi connectivity index (χ2v) is 4.25. The molecule has 0 spiro atoms. The van der Waals surface area contributed by atoms with Gasteiger partial charge in [0.05, 0.1) is 12.7 Å². The van der Waals surface area contributed by atoms with Gasteiger partial charge < -0.3 is 15.2 Å². The van der Waals surface area contributed by atoms with Crippen LogP contribution in [0.3, 0.4) is 0 Å². The maximum atomic E-state index is 9.64. The van der Waals surface area contributed by atoms with Gasteiger partial charge in [-0.05, 0) is 25.9 Å². The molecule has 1 aliphatic rings. The number of aliphatic hydroxyl groups excluding tert-OH is 1. The number of nitrogens with one attached hydrogen (secondary N) is 1. The molecule has 1 heterocycles. The Bertz CT molecular complexity index is 161. The zero-order chi connectivity index (χ0) is 11.1. The number of likely N-dealkylation sites (N-methyl/N-ethyl adjacent to an activating group) is 1. The van der Waals surface area contributed by atoms with Crippen LogP contribution in [0, 0.1) is 0 Å². The fourth-order valence-electron chi connectivity index (χ4n) is 2.10. The Morgan fingerprint density at radius 3 is 2.93 bits per heavy atom. The predicted molar refractivity (Wildman–Crippen MR) is 61.0 cm³/mol. The van der Waals surface area contributed by atoms with Gasteiger partial charge in [0.1, 0.15) is 0 Å². The first-order chi connectivity index (χ1) is 7.26. The van der Waals surface area contributed by atoms with Gasteiger partial charge >= 0.3 is 0 Å². The van der Waals surface area contributed by atoms with Gasteiger partial charge in [-0.1, -0.05) is 6.92 Å². The first-order valence-corrected chi connectivity index (χ1v) is 5.89. The SMILES string of the molecule is CCN(CC(O)COC)CC1CCCN1. The molecule has 0 radical (unpaired) electrons. The highest BCUT2D eigenvalue weighted by Crippen LogP contribution is 2.07. The molecule has 2 atom stereocenters. The number of nitrogens with zero attached hydrogens (tertiary/aromatic N) is 1. The van der Waals surface area contributed by atoms with Gasteiger partial charge in [-0.3, -0.25) is 4.90 Å².